The molecule has 38 heavy (non-hydrogen) atoms. The van der Waals surface area contributed by atoms with Crippen LogP contribution in [0.1, 0.15) is 39.1 Å². The Morgan fingerprint density at radius 1 is 1.00 bits per heavy atom. The summed E-state index contributed by atoms with van der Waals surface area (Å²) in [6.07, 6.45) is 1.68. The third-order valence-electron chi connectivity index (χ3n) is 6.23. The maximum Gasteiger partial charge on any atom is 0.261 e. The Kier molecular flexibility index (Phi) is 8.24. The molecule has 5 rings (SSSR count). The highest BCUT2D eigenvalue weighted by atomic mass is 35.5. The van der Waals surface area contributed by atoms with Gasteiger partial charge in [0.25, 0.3) is 11.8 Å². The second kappa shape index (κ2) is 11.8. The lowest BCUT2D eigenvalue weighted by atomic mass is 10.1. The first kappa shape index (κ1) is 26.6. The number of rotatable bonds is 9. The minimum atomic E-state index is -0.333. The van der Waals surface area contributed by atoms with Crippen LogP contribution in [-0.4, -0.2) is 47.6 Å². The molecule has 0 aromatic heterocycles. The smallest absolute Gasteiger partial charge is 0.261 e. The molecule has 7 nitrogen and oxygen atoms in total. The van der Waals surface area contributed by atoms with Crippen LogP contribution >= 0.6 is 35.0 Å². The first-order valence-corrected chi connectivity index (χ1v) is 14.0. The molecular formula is C28H24Cl2N2O5S. The number of amides is 3. The third kappa shape index (κ3) is 6.15. The average molecular weight is 571 g/mol. The minimum absolute atomic E-state index is 0.104. The number of nitrogens with one attached hydrogen (secondary N) is 1. The van der Waals surface area contributed by atoms with Crippen molar-refractivity contribution in [2.75, 3.05) is 24.2 Å². The van der Waals surface area contributed by atoms with Gasteiger partial charge in [0.2, 0.25) is 5.91 Å². The molecule has 2 aliphatic rings. The van der Waals surface area contributed by atoms with Gasteiger partial charge in [0.1, 0.15) is 11.5 Å². The highest BCUT2D eigenvalue weighted by molar-refractivity contribution is 7.99. The molecule has 1 N–H and O–H groups in total. The van der Waals surface area contributed by atoms with Gasteiger partial charge in [-0.3, -0.25) is 19.3 Å². The molecule has 196 valence electrons. The molecular weight excluding hydrogens is 547 g/mol. The molecule has 1 unspecified atom stereocenters. The Morgan fingerprint density at radius 3 is 2.50 bits per heavy atom. The fraction of sp³-hybridized carbons (Fsp3) is 0.250. The topological polar surface area (TPSA) is 84.9 Å². The SMILES string of the molecule is O=C(CSCc1ccc(Cl)cc1Cl)Nc1ccc(Oc2ccc3c(c2)C(=O)N(CC2CCCO2)C3=O)cc1. The zero-order valence-electron chi connectivity index (χ0n) is 20.2. The number of halogens is 2. The lowest BCUT2D eigenvalue weighted by Gasteiger charge is -2.17. The summed E-state index contributed by atoms with van der Waals surface area (Å²) in [7, 11) is 0. The minimum Gasteiger partial charge on any atom is -0.457 e. The molecule has 10 heteroatoms. The molecule has 3 amide bonds. The molecule has 0 radical (unpaired) electrons. The molecule has 2 heterocycles. The molecule has 0 aliphatic carbocycles. The van der Waals surface area contributed by atoms with Crippen molar-refractivity contribution >= 4 is 58.4 Å². The van der Waals surface area contributed by atoms with Gasteiger partial charge < -0.3 is 14.8 Å². The van der Waals surface area contributed by atoms with Crippen LogP contribution in [0, 0.1) is 0 Å². The van der Waals surface area contributed by atoms with Crippen LogP contribution in [0.15, 0.2) is 60.7 Å². The number of carbonyl (C=O) groups is 3. The number of thioether (sulfide) groups is 1. The van der Waals surface area contributed by atoms with Crippen LogP contribution in [0.3, 0.4) is 0 Å². The van der Waals surface area contributed by atoms with Gasteiger partial charge in [0.05, 0.1) is 29.5 Å². The summed E-state index contributed by atoms with van der Waals surface area (Å²) in [5.74, 6) is 1.06. The van der Waals surface area contributed by atoms with Gasteiger partial charge in [-0.2, -0.15) is 0 Å². The van der Waals surface area contributed by atoms with Crippen LogP contribution < -0.4 is 10.1 Å². The lowest BCUT2D eigenvalue weighted by molar-refractivity contribution is -0.113. The van der Waals surface area contributed by atoms with Crippen molar-refractivity contribution in [3.05, 3.63) is 87.4 Å². The maximum atomic E-state index is 12.9. The summed E-state index contributed by atoms with van der Waals surface area (Å²) >= 11 is 13.5. The third-order valence-corrected chi connectivity index (χ3v) is 7.80. The number of imide groups is 1. The number of benzene rings is 3. The van der Waals surface area contributed by atoms with E-state index in [1.54, 1.807) is 54.6 Å². The largest absolute Gasteiger partial charge is 0.457 e. The summed E-state index contributed by atoms with van der Waals surface area (Å²) < 4.78 is 11.5. The van der Waals surface area contributed by atoms with Crippen LogP contribution in [0.25, 0.3) is 0 Å². The summed E-state index contributed by atoms with van der Waals surface area (Å²) in [5.41, 5.74) is 2.25. The lowest BCUT2D eigenvalue weighted by Crippen LogP contribution is -2.36. The van der Waals surface area contributed by atoms with Crippen LogP contribution in [0.5, 0.6) is 11.5 Å². The Balaban J connectivity index is 1.14. The van der Waals surface area contributed by atoms with Gasteiger partial charge in [-0.25, -0.2) is 0 Å². The van der Waals surface area contributed by atoms with Crippen LogP contribution in [0.2, 0.25) is 10.0 Å². The second-order valence-corrected chi connectivity index (χ2v) is 10.8. The van der Waals surface area contributed by atoms with Crippen LogP contribution in [-0.2, 0) is 15.3 Å². The zero-order chi connectivity index (χ0) is 26.6. The van der Waals surface area contributed by atoms with E-state index in [0.29, 0.717) is 50.7 Å². The van der Waals surface area contributed by atoms with E-state index in [1.165, 1.54) is 16.7 Å². The number of anilines is 1. The number of ether oxygens (including phenoxy) is 2. The first-order valence-electron chi connectivity index (χ1n) is 12.1. The summed E-state index contributed by atoms with van der Waals surface area (Å²) in [4.78, 5) is 39.2. The Labute approximate surface area is 234 Å². The highest BCUT2D eigenvalue weighted by Crippen LogP contribution is 2.31. The Bertz CT molecular complexity index is 1380. The molecule has 1 atom stereocenters. The van der Waals surface area contributed by atoms with Gasteiger partial charge in [-0.15, -0.1) is 11.8 Å². The summed E-state index contributed by atoms with van der Waals surface area (Å²) in [6.45, 7) is 0.927. The summed E-state index contributed by atoms with van der Waals surface area (Å²) in [6, 6.07) is 17.1. The predicted molar refractivity (Wildman–Crippen MR) is 149 cm³/mol. The van der Waals surface area contributed by atoms with Gasteiger partial charge >= 0.3 is 0 Å². The standard InChI is InChI=1S/C28H24Cl2N2O5S/c29-18-4-3-17(25(30)12-18)15-38-16-26(33)31-19-5-7-20(8-6-19)37-21-9-10-23-24(13-21)28(35)32(27(23)34)14-22-2-1-11-36-22/h3-10,12-13,22H,1-2,11,14-16H2,(H,31,33). The van der Waals surface area contributed by atoms with Crippen LogP contribution in [0.4, 0.5) is 5.69 Å². The number of carbonyl (C=O) groups excluding carboxylic acids is 3. The van der Waals surface area contributed by atoms with E-state index in [2.05, 4.69) is 5.32 Å². The molecule has 0 saturated carbocycles. The van der Waals surface area contributed by atoms with Crippen molar-refractivity contribution in [2.45, 2.75) is 24.7 Å². The average Bonchev–Trinajstić information content (AvgIpc) is 3.49. The van der Waals surface area contributed by atoms with E-state index in [1.807, 2.05) is 6.07 Å². The zero-order valence-corrected chi connectivity index (χ0v) is 22.6. The molecule has 1 saturated heterocycles. The molecule has 0 spiro atoms. The monoisotopic (exact) mass is 570 g/mol. The van der Waals surface area contributed by atoms with E-state index in [0.717, 1.165) is 18.4 Å². The van der Waals surface area contributed by atoms with Crippen molar-refractivity contribution in [3.63, 3.8) is 0 Å². The van der Waals surface area contributed by atoms with Crippen molar-refractivity contribution in [1.29, 1.82) is 0 Å². The summed E-state index contributed by atoms with van der Waals surface area (Å²) in [5, 5.41) is 4.01. The Hall–Kier alpha value is -3.04. The van der Waals surface area contributed by atoms with Gasteiger partial charge in [0, 0.05) is 28.1 Å². The van der Waals surface area contributed by atoms with E-state index in [9.17, 15) is 14.4 Å². The fourth-order valence-electron chi connectivity index (χ4n) is 4.32. The van der Waals surface area contributed by atoms with E-state index < -0.39 is 0 Å². The highest BCUT2D eigenvalue weighted by Gasteiger charge is 2.37. The van der Waals surface area contributed by atoms with Gasteiger partial charge in [-0.05, 0) is 73.0 Å². The normalized spacial score (nSPS) is 16.6. The van der Waals surface area contributed by atoms with E-state index in [-0.39, 0.29) is 36.1 Å². The number of hydrogen-bond donors (Lipinski definition) is 1. The molecule has 1 fully saturated rings. The van der Waals surface area contributed by atoms with Crippen molar-refractivity contribution in [2.24, 2.45) is 0 Å². The molecule has 2 aliphatic heterocycles. The van der Waals surface area contributed by atoms with Gasteiger partial charge in [0.15, 0.2) is 0 Å². The van der Waals surface area contributed by atoms with Crippen molar-refractivity contribution in [1.82, 2.24) is 4.90 Å². The Morgan fingerprint density at radius 2 is 1.76 bits per heavy atom. The maximum absolute atomic E-state index is 12.9. The van der Waals surface area contributed by atoms with Crippen molar-refractivity contribution in [3.8, 4) is 11.5 Å². The van der Waals surface area contributed by atoms with Gasteiger partial charge in [-0.1, -0.05) is 29.3 Å². The fourth-order valence-corrected chi connectivity index (χ4v) is 5.71. The first-order chi connectivity index (χ1) is 18.4. The number of fused-ring (bicyclic) bond motifs is 1. The second-order valence-electron chi connectivity index (χ2n) is 8.97. The number of nitrogens with zero attached hydrogens (tertiary/aromatic N) is 1. The van der Waals surface area contributed by atoms with E-state index >= 15 is 0 Å². The molecule has 3 aromatic carbocycles. The molecule has 0 bridgehead atoms. The number of hydrogen-bond acceptors (Lipinski definition) is 6. The van der Waals surface area contributed by atoms with Crippen molar-refractivity contribution < 1.29 is 23.9 Å². The predicted octanol–water partition coefficient (Wildman–Crippen LogP) is 6.43. The molecule has 3 aromatic rings. The quantitative estimate of drug-likeness (QED) is 0.298. The van der Waals surface area contributed by atoms with E-state index in [4.69, 9.17) is 32.7 Å².